The van der Waals surface area contributed by atoms with Gasteiger partial charge in [-0.3, -0.25) is 4.79 Å². The van der Waals surface area contributed by atoms with Crippen LogP contribution < -0.4 is 11.5 Å². The van der Waals surface area contributed by atoms with E-state index in [-0.39, 0.29) is 11.6 Å². The topological polar surface area (TPSA) is 92.6 Å². The van der Waals surface area contributed by atoms with E-state index in [4.69, 9.17) is 11.5 Å². The SMILES string of the molecule is CC.CC(=C/N)/C=C(\N)C(=O)N1CCC(C)(O)C1. The number of hydrogen-bond donors (Lipinski definition) is 3. The van der Waals surface area contributed by atoms with Crippen LogP contribution in [0.25, 0.3) is 0 Å². The predicted molar refractivity (Wildman–Crippen MR) is 73.4 cm³/mol. The van der Waals surface area contributed by atoms with Gasteiger partial charge in [-0.15, -0.1) is 0 Å². The maximum Gasteiger partial charge on any atom is 0.269 e. The molecule has 0 radical (unpaired) electrons. The largest absolute Gasteiger partial charge is 0.404 e. The number of aliphatic hydroxyl groups is 1. The van der Waals surface area contributed by atoms with Crippen molar-refractivity contribution in [2.45, 2.75) is 39.7 Å². The van der Waals surface area contributed by atoms with Crippen molar-refractivity contribution < 1.29 is 9.90 Å². The molecule has 0 bridgehead atoms. The number of hydrogen-bond acceptors (Lipinski definition) is 4. The van der Waals surface area contributed by atoms with E-state index in [2.05, 4.69) is 0 Å². The van der Waals surface area contributed by atoms with Crippen molar-refractivity contribution in [3.8, 4) is 0 Å². The lowest BCUT2D eigenvalue weighted by Crippen LogP contribution is -2.36. The van der Waals surface area contributed by atoms with Crippen LogP contribution in [0.15, 0.2) is 23.5 Å². The quantitative estimate of drug-likeness (QED) is 0.500. The second-order valence-corrected chi connectivity index (χ2v) is 4.48. The zero-order valence-corrected chi connectivity index (χ0v) is 11.7. The molecule has 1 atom stereocenters. The molecule has 5 N–H and O–H groups in total. The number of β-amino-alcohol motifs (C(OH)–C–C–N with tert-alkyl or cyclic N) is 1. The maximum absolute atomic E-state index is 11.8. The summed E-state index contributed by atoms with van der Waals surface area (Å²) >= 11 is 0. The van der Waals surface area contributed by atoms with Gasteiger partial charge < -0.3 is 21.5 Å². The van der Waals surface area contributed by atoms with Gasteiger partial charge in [0.25, 0.3) is 5.91 Å². The first-order valence-electron chi connectivity index (χ1n) is 6.23. The van der Waals surface area contributed by atoms with Crippen molar-refractivity contribution >= 4 is 5.91 Å². The van der Waals surface area contributed by atoms with E-state index in [0.717, 1.165) is 5.57 Å². The van der Waals surface area contributed by atoms with E-state index >= 15 is 0 Å². The van der Waals surface area contributed by atoms with Crippen LogP contribution in [0.5, 0.6) is 0 Å². The van der Waals surface area contributed by atoms with Crippen LogP contribution in [0.3, 0.4) is 0 Å². The molecule has 5 nitrogen and oxygen atoms in total. The van der Waals surface area contributed by atoms with Gasteiger partial charge in [-0.2, -0.15) is 0 Å². The minimum absolute atomic E-state index is 0.150. The molecule has 0 aromatic rings. The first-order valence-corrected chi connectivity index (χ1v) is 6.23. The summed E-state index contributed by atoms with van der Waals surface area (Å²) < 4.78 is 0. The van der Waals surface area contributed by atoms with Gasteiger partial charge in [-0.25, -0.2) is 0 Å². The Morgan fingerprint density at radius 2 is 2.00 bits per heavy atom. The summed E-state index contributed by atoms with van der Waals surface area (Å²) in [6, 6.07) is 0. The molecule has 5 heteroatoms. The highest BCUT2D eigenvalue weighted by Gasteiger charge is 2.34. The smallest absolute Gasteiger partial charge is 0.269 e. The molecule has 18 heavy (non-hydrogen) atoms. The average molecular weight is 255 g/mol. The van der Waals surface area contributed by atoms with Crippen molar-refractivity contribution in [3.63, 3.8) is 0 Å². The Hall–Kier alpha value is -1.49. The van der Waals surface area contributed by atoms with Gasteiger partial charge in [0.1, 0.15) is 0 Å². The third kappa shape index (κ3) is 4.79. The molecule has 1 saturated heterocycles. The summed E-state index contributed by atoms with van der Waals surface area (Å²) in [4.78, 5) is 13.4. The van der Waals surface area contributed by atoms with Crippen LogP contribution in [0.1, 0.15) is 34.1 Å². The minimum atomic E-state index is -0.797. The maximum atomic E-state index is 11.8. The monoisotopic (exact) mass is 255 g/mol. The van der Waals surface area contributed by atoms with Gasteiger partial charge in [0.15, 0.2) is 0 Å². The van der Waals surface area contributed by atoms with E-state index in [0.29, 0.717) is 19.5 Å². The van der Waals surface area contributed by atoms with Crippen molar-refractivity contribution in [2.24, 2.45) is 11.5 Å². The van der Waals surface area contributed by atoms with Crippen LogP contribution in [-0.2, 0) is 4.79 Å². The number of amides is 1. The third-order valence-corrected chi connectivity index (χ3v) is 2.63. The second kappa shape index (κ2) is 7.06. The first kappa shape index (κ1) is 16.5. The number of nitrogens with zero attached hydrogens (tertiary/aromatic N) is 1. The molecular weight excluding hydrogens is 230 g/mol. The molecule has 0 aromatic heterocycles. The Balaban J connectivity index is 0.00000137. The Kier molecular flexibility index (Phi) is 6.47. The van der Waals surface area contributed by atoms with E-state index in [1.54, 1.807) is 18.7 Å². The molecule has 0 aliphatic carbocycles. The number of allylic oxidation sites excluding steroid dienone is 2. The highest BCUT2D eigenvalue weighted by Crippen LogP contribution is 2.21. The zero-order valence-electron chi connectivity index (χ0n) is 11.7. The molecule has 1 aliphatic rings. The Labute approximate surface area is 109 Å². The Bertz CT molecular complexity index is 346. The number of nitrogens with two attached hydrogens (primary N) is 2. The summed E-state index contributed by atoms with van der Waals surface area (Å²) in [7, 11) is 0. The van der Waals surface area contributed by atoms with Crippen molar-refractivity contribution in [1.29, 1.82) is 0 Å². The highest BCUT2D eigenvalue weighted by molar-refractivity contribution is 5.93. The average Bonchev–Trinajstić information content (AvgIpc) is 2.71. The lowest BCUT2D eigenvalue weighted by Gasteiger charge is -2.19. The molecule has 1 fully saturated rings. The summed E-state index contributed by atoms with van der Waals surface area (Å²) in [5.74, 6) is -0.251. The van der Waals surface area contributed by atoms with E-state index in [1.165, 1.54) is 12.3 Å². The lowest BCUT2D eigenvalue weighted by molar-refractivity contribution is -0.127. The molecule has 1 aliphatic heterocycles. The van der Waals surface area contributed by atoms with E-state index < -0.39 is 5.60 Å². The zero-order chi connectivity index (χ0) is 14.3. The van der Waals surface area contributed by atoms with Gasteiger partial charge in [-0.1, -0.05) is 13.8 Å². The van der Waals surface area contributed by atoms with Crippen LogP contribution in [0.2, 0.25) is 0 Å². The van der Waals surface area contributed by atoms with Crippen LogP contribution in [-0.4, -0.2) is 34.6 Å². The molecular formula is C13H25N3O2. The van der Waals surface area contributed by atoms with Crippen molar-refractivity contribution in [2.75, 3.05) is 13.1 Å². The molecule has 1 amide bonds. The number of carbonyl (C=O) groups excluding carboxylic acids is 1. The number of likely N-dealkylation sites (tertiary alicyclic amines) is 1. The molecule has 0 aromatic carbocycles. The molecule has 1 unspecified atom stereocenters. The fourth-order valence-corrected chi connectivity index (χ4v) is 1.66. The van der Waals surface area contributed by atoms with Crippen LogP contribution in [0, 0.1) is 0 Å². The summed E-state index contributed by atoms with van der Waals surface area (Å²) in [5, 5.41) is 9.74. The summed E-state index contributed by atoms with van der Waals surface area (Å²) in [6.07, 6.45) is 3.51. The number of rotatable bonds is 2. The van der Waals surface area contributed by atoms with Gasteiger partial charge >= 0.3 is 0 Å². The second-order valence-electron chi connectivity index (χ2n) is 4.48. The normalized spacial score (nSPS) is 24.6. The fourth-order valence-electron chi connectivity index (χ4n) is 1.66. The molecule has 104 valence electrons. The van der Waals surface area contributed by atoms with E-state index in [1.807, 2.05) is 13.8 Å². The van der Waals surface area contributed by atoms with E-state index in [9.17, 15) is 9.90 Å². The summed E-state index contributed by atoms with van der Waals surface area (Å²) in [6.45, 7) is 8.34. The van der Waals surface area contributed by atoms with Gasteiger partial charge in [0, 0.05) is 13.1 Å². The summed E-state index contributed by atoms with van der Waals surface area (Å²) in [5.41, 5.74) is 11.0. The third-order valence-electron chi connectivity index (χ3n) is 2.63. The van der Waals surface area contributed by atoms with Crippen molar-refractivity contribution in [1.82, 2.24) is 4.90 Å². The number of carbonyl (C=O) groups is 1. The first-order chi connectivity index (χ1) is 8.35. The van der Waals surface area contributed by atoms with Crippen molar-refractivity contribution in [3.05, 3.63) is 23.5 Å². The van der Waals surface area contributed by atoms with Gasteiger partial charge in [0.2, 0.25) is 0 Å². The van der Waals surface area contributed by atoms with Crippen LogP contribution >= 0.6 is 0 Å². The molecule has 0 saturated carbocycles. The molecule has 0 spiro atoms. The Morgan fingerprint density at radius 3 is 2.39 bits per heavy atom. The van der Waals surface area contributed by atoms with Crippen LogP contribution in [0.4, 0.5) is 0 Å². The highest BCUT2D eigenvalue weighted by atomic mass is 16.3. The van der Waals surface area contributed by atoms with Gasteiger partial charge in [-0.05, 0) is 38.1 Å². The lowest BCUT2D eigenvalue weighted by atomic mass is 10.1. The fraction of sp³-hybridized carbons (Fsp3) is 0.615. The standard InChI is InChI=1S/C11H19N3O2.C2H6/c1-8(6-12)5-9(13)10(15)14-4-3-11(2,16)7-14;1-2/h5-6,16H,3-4,7,12-13H2,1-2H3;1-2H3/b8-6-,9-5-;. The Morgan fingerprint density at radius 1 is 1.44 bits per heavy atom. The minimum Gasteiger partial charge on any atom is -0.404 e. The predicted octanol–water partition coefficient (Wildman–Crippen LogP) is 0.701. The molecule has 1 heterocycles. The molecule has 1 rings (SSSR count). The van der Waals surface area contributed by atoms with Gasteiger partial charge in [0.05, 0.1) is 11.3 Å².